The first-order chi connectivity index (χ1) is 13.7. The Balaban J connectivity index is 1.33. The van der Waals surface area contributed by atoms with Crippen molar-refractivity contribution >= 4 is 5.91 Å². The van der Waals surface area contributed by atoms with Gasteiger partial charge in [-0.1, -0.05) is 30.3 Å². The number of hydrogen-bond acceptors (Lipinski definition) is 3. The number of methoxy groups -OCH3 is 1. The normalized spacial score (nSPS) is 14.8. The second kappa shape index (κ2) is 8.27. The lowest BCUT2D eigenvalue weighted by molar-refractivity contribution is -0.917. The van der Waals surface area contributed by atoms with Crippen LogP contribution >= 0.6 is 0 Å². The number of rotatable bonds is 5. The van der Waals surface area contributed by atoms with E-state index in [0.717, 1.165) is 49.7 Å². The SMILES string of the molecule is COc1ccc(C[NH+]2CCN(C(=O)c3cc(-c4ccccc4)n[nH]3)CC2)cc1. The molecule has 28 heavy (non-hydrogen) atoms. The third kappa shape index (κ3) is 4.07. The fourth-order valence-electron chi connectivity index (χ4n) is 3.59. The number of H-pyrrole nitrogens is 1. The predicted molar refractivity (Wildman–Crippen MR) is 107 cm³/mol. The molecule has 1 aliphatic heterocycles. The molecule has 0 radical (unpaired) electrons. The molecule has 0 aliphatic carbocycles. The minimum Gasteiger partial charge on any atom is -0.497 e. The topological polar surface area (TPSA) is 62.7 Å². The maximum Gasteiger partial charge on any atom is 0.272 e. The molecule has 4 rings (SSSR count). The number of aromatic amines is 1. The first kappa shape index (κ1) is 18.3. The van der Waals surface area contributed by atoms with Gasteiger partial charge in [0.05, 0.1) is 39.0 Å². The Morgan fingerprint density at radius 1 is 1.11 bits per heavy atom. The van der Waals surface area contributed by atoms with Gasteiger partial charge in [-0.05, 0) is 30.3 Å². The van der Waals surface area contributed by atoms with Gasteiger partial charge in [0.2, 0.25) is 0 Å². The van der Waals surface area contributed by atoms with Gasteiger partial charge >= 0.3 is 0 Å². The molecule has 2 N–H and O–H groups in total. The average Bonchev–Trinajstić information content (AvgIpc) is 3.25. The van der Waals surface area contributed by atoms with Gasteiger partial charge in [0, 0.05) is 11.1 Å². The van der Waals surface area contributed by atoms with E-state index >= 15 is 0 Å². The monoisotopic (exact) mass is 377 g/mol. The van der Waals surface area contributed by atoms with Crippen LogP contribution in [0.1, 0.15) is 16.1 Å². The molecule has 0 bridgehead atoms. The van der Waals surface area contributed by atoms with Crippen LogP contribution in [-0.4, -0.2) is 54.3 Å². The van der Waals surface area contributed by atoms with Crippen LogP contribution in [-0.2, 0) is 6.54 Å². The molecule has 0 saturated carbocycles. The summed E-state index contributed by atoms with van der Waals surface area (Å²) in [4.78, 5) is 16.2. The van der Waals surface area contributed by atoms with E-state index in [4.69, 9.17) is 4.74 Å². The molecule has 3 aromatic rings. The highest BCUT2D eigenvalue weighted by molar-refractivity contribution is 5.93. The summed E-state index contributed by atoms with van der Waals surface area (Å²) in [6.07, 6.45) is 0. The van der Waals surface area contributed by atoms with Crippen molar-refractivity contribution in [2.24, 2.45) is 0 Å². The Bertz CT molecular complexity index is 913. The largest absolute Gasteiger partial charge is 0.497 e. The summed E-state index contributed by atoms with van der Waals surface area (Å²) in [6.45, 7) is 4.36. The number of benzene rings is 2. The molecule has 1 aromatic heterocycles. The maximum atomic E-state index is 12.8. The Morgan fingerprint density at radius 2 is 1.82 bits per heavy atom. The number of nitrogens with zero attached hydrogens (tertiary/aromatic N) is 2. The third-order valence-corrected chi connectivity index (χ3v) is 5.25. The number of nitrogens with one attached hydrogen (secondary N) is 2. The first-order valence-electron chi connectivity index (χ1n) is 9.59. The number of amides is 1. The van der Waals surface area contributed by atoms with E-state index in [9.17, 15) is 4.79 Å². The minimum absolute atomic E-state index is 0.0261. The van der Waals surface area contributed by atoms with Crippen molar-refractivity contribution in [3.05, 3.63) is 71.9 Å². The lowest BCUT2D eigenvalue weighted by Crippen LogP contribution is -3.13. The third-order valence-electron chi connectivity index (χ3n) is 5.25. The Kier molecular flexibility index (Phi) is 5.39. The lowest BCUT2D eigenvalue weighted by Gasteiger charge is -2.32. The lowest BCUT2D eigenvalue weighted by atomic mass is 10.1. The Hall–Kier alpha value is -3.12. The van der Waals surface area contributed by atoms with Gasteiger partial charge in [0.25, 0.3) is 5.91 Å². The van der Waals surface area contributed by atoms with Crippen molar-refractivity contribution in [3.63, 3.8) is 0 Å². The zero-order valence-corrected chi connectivity index (χ0v) is 16.0. The smallest absolute Gasteiger partial charge is 0.272 e. The van der Waals surface area contributed by atoms with Crippen molar-refractivity contribution in [1.82, 2.24) is 15.1 Å². The van der Waals surface area contributed by atoms with Crippen LogP contribution in [0.25, 0.3) is 11.3 Å². The van der Waals surface area contributed by atoms with Gasteiger partial charge < -0.3 is 14.5 Å². The molecule has 6 nitrogen and oxygen atoms in total. The van der Waals surface area contributed by atoms with Gasteiger partial charge in [-0.25, -0.2) is 0 Å². The summed E-state index contributed by atoms with van der Waals surface area (Å²) in [6, 6.07) is 19.9. The molecule has 1 saturated heterocycles. The number of carbonyl (C=O) groups excluding carboxylic acids is 1. The Morgan fingerprint density at radius 3 is 2.50 bits per heavy atom. The molecular weight excluding hydrogens is 352 g/mol. The maximum absolute atomic E-state index is 12.8. The number of carbonyl (C=O) groups is 1. The van der Waals surface area contributed by atoms with Crippen LogP contribution in [0.3, 0.4) is 0 Å². The van der Waals surface area contributed by atoms with Gasteiger partial charge in [0.15, 0.2) is 0 Å². The fraction of sp³-hybridized carbons (Fsp3) is 0.273. The number of aromatic nitrogens is 2. The van der Waals surface area contributed by atoms with E-state index in [0.29, 0.717) is 5.69 Å². The number of piperazine rings is 1. The van der Waals surface area contributed by atoms with E-state index < -0.39 is 0 Å². The summed E-state index contributed by atoms with van der Waals surface area (Å²) in [5, 5.41) is 7.20. The highest BCUT2D eigenvalue weighted by atomic mass is 16.5. The zero-order chi connectivity index (χ0) is 19.3. The number of hydrogen-bond donors (Lipinski definition) is 2. The van der Waals surface area contributed by atoms with Gasteiger partial charge in [-0.2, -0.15) is 5.10 Å². The molecule has 0 unspecified atom stereocenters. The van der Waals surface area contributed by atoms with Crippen LogP contribution in [0.5, 0.6) is 5.75 Å². The predicted octanol–water partition coefficient (Wildman–Crippen LogP) is 1.63. The summed E-state index contributed by atoms with van der Waals surface area (Å²) >= 11 is 0. The summed E-state index contributed by atoms with van der Waals surface area (Å²) in [5.41, 5.74) is 3.65. The highest BCUT2D eigenvalue weighted by Gasteiger charge is 2.25. The van der Waals surface area contributed by atoms with Crippen LogP contribution in [0.2, 0.25) is 0 Å². The van der Waals surface area contributed by atoms with E-state index in [1.54, 1.807) is 7.11 Å². The van der Waals surface area contributed by atoms with Crippen LogP contribution in [0, 0.1) is 0 Å². The van der Waals surface area contributed by atoms with Crippen LogP contribution < -0.4 is 9.64 Å². The molecule has 6 heteroatoms. The number of quaternary nitrogens is 1. The molecule has 1 fully saturated rings. The van der Waals surface area contributed by atoms with Crippen molar-refractivity contribution < 1.29 is 14.4 Å². The van der Waals surface area contributed by atoms with Gasteiger partial charge in [0.1, 0.15) is 18.0 Å². The van der Waals surface area contributed by atoms with E-state index in [2.05, 4.69) is 22.3 Å². The summed E-state index contributed by atoms with van der Waals surface area (Å²) < 4.78 is 5.21. The summed E-state index contributed by atoms with van der Waals surface area (Å²) in [5.74, 6) is 0.904. The van der Waals surface area contributed by atoms with Crippen molar-refractivity contribution in [3.8, 4) is 17.0 Å². The van der Waals surface area contributed by atoms with E-state index in [-0.39, 0.29) is 5.91 Å². The van der Waals surface area contributed by atoms with Crippen molar-refractivity contribution in [2.75, 3.05) is 33.3 Å². The van der Waals surface area contributed by atoms with Crippen molar-refractivity contribution in [1.29, 1.82) is 0 Å². The first-order valence-corrected chi connectivity index (χ1v) is 9.59. The standard InChI is InChI=1S/C22H24N4O2/c1-28-19-9-7-17(8-10-19)16-25-11-13-26(14-12-25)22(27)21-15-20(23-24-21)18-5-3-2-4-6-18/h2-10,15H,11-14,16H2,1H3,(H,23,24)/p+1. The molecule has 2 aromatic carbocycles. The average molecular weight is 377 g/mol. The van der Waals surface area contributed by atoms with Gasteiger partial charge in [-0.15, -0.1) is 0 Å². The molecular formula is C22H25N4O2+. The van der Waals surface area contributed by atoms with Crippen molar-refractivity contribution in [2.45, 2.75) is 6.54 Å². The second-order valence-electron chi connectivity index (χ2n) is 7.10. The number of ether oxygens (including phenoxy) is 1. The zero-order valence-electron chi connectivity index (χ0n) is 16.0. The molecule has 2 heterocycles. The molecule has 1 aliphatic rings. The molecule has 0 atom stereocenters. The highest BCUT2D eigenvalue weighted by Crippen LogP contribution is 2.17. The van der Waals surface area contributed by atoms with E-state index in [1.165, 1.54) is 10.5 Å². The molecule has 1 amide bonds. The minimum atomic E-state index is 0.0261. The summed E-state index contributed by atoms with van der Waals surface area (Å²) in [7, 11) is 1.68. The van der Waals surface area contributed by atoms with Gasteiger partial charge in [-0.3, -0.25) is 9.89 Å². The quantitative estimate of drug-likeness (QED) is 0.710. The molecule has 0 spiro atoms. The second-order valence-corrected chi connectivity index (χ2v) is 7.10. The molecule has 144 valence electrons. The Labute approximate surface area is 164 Å². The van der Waals surface area contributed by atoms with Crippen LogP contribution in [0.4, 0.5) is 0 Å². The van der Waals surface area contributed by atoms with Crippen LogP contribution in [0.15, 0.2) is 60.7 Å². The fourth-order valence-corrected chi connectivity index (χ4v) is 3.59. The van der Waals surface area contributed by atoms with E-state index in [1.807, 2.05) is 53.4 Å².